The van der Waals surface area contributed by atoms with E-state index in [4.69, 9.17) is 14.2 Å². The highest BCUT2D eigenvalue weighted by Crippen LogP contribution is 2.23. The van der Waals surface area contributed by atoms with Crippen LogP contribution >= 0.6 is 0 Å². The van der Waals surface area contributed by atoms with Crippen LogP contribution in [0.4, 0.5) is 5.69 Å². The molecule has 156 valence electrons. The molecule has 0 heterocycles. The predicted octanol–water partition coefficient (Wildman–Crippen LogP) is 4.84. The number of benzene rings is 3. The molecule has 0 spiro atoms. The van der Waals surface area contributed by atoms with Crippen molar-refractivity contribution in [3.63, 3.8) is 0 Å². The third kappa shape index (κ3) is 5.61. The predicted molar refractivity (Wildman–Crippen MR) is 118 cm³/mol. The minimum atomic E-state index is -0.609. The summed E-state index contributed by atoms with van der Waals surface area (Å²) in [4.78, 5) is 15.0. The van der Waals surface area contributed by atoms with E-state index < -0.39 is 6.10 Å². The van der Waals surface area contributed by atoms with Crippen molar-refractivity contribution in [2.24, 2.45) is 0 Å². The van der Waals surface area contributed by atoms with Gasteiger partial charge < -0.3 is 19.1 Å². The number of carbonyl (C=O) groups is 1. The van der Waals surface area contributed by atoms with Crippen molar-refractivity contribution in [2.75, 3.05) is 19.1 Å². The van der Waals surface area contributed by atoms with Gasteiger partial charge in [0.2, 0.25) is 0 Å². The molecule has 5 heteroatoms. The molecule has 0 aliphatic carbocycles. The van der Waals surface area contributed by atoms with E-state index in [1.165, 1.54) is 0 Å². The number of rotatable bonds is 9. The summed E-state index contributed by atoms with van der Waals surface area (Å²) in [5.41, 5.74) is 2.79. The van der Waals surface area contributed by atoms with Crippen LogP contribution in [0, 0.1) is 0 Å². The number of hydrogen-bond donors (Lipinski definition) is 0. The second-order valence-electron chi connectivity index (χ2n) is 6.91. The lowest BCUT2D eigenvalue weighted by molar-refractivity contribution is -0.129. The van der Waals surface area contributed by atoms with Gasteiger partial charge in [0.15, 0.2) is 0 Å². The van der Waals surface area contributed by atoms with Gasteiger partial charge in [-0.2, -0.15) is 0 Å². The SMILES string of the molecule is COc1ccc(N(Cc2ccccc2)C(=O)C(C)OCc2cccc(OC)c2)cc1. The van der Waals surface area contributed by atoms with Gasteiger partial charge >= 0.3 is 0 Å². The first-order valence-corrected chi connectivity index (χ1v) is 9.84. The van der Waals surface area contributed by atoms with E-state index in [1.54, 1.807) is 26.0 Å². The Balaban J connectivity index is 1.75. The Morgan fingerprint density at radius 1 is 0.833 bits per heavy atom. The standard InChI is InChI=1S/C25H27NO4/c1-19(30-18-21-10-7-11-24(16-21)29-3)25(27)26(17-20-8-5-4-6-9-20)22-12-14-23(28-2)15-13-22/h4-16,19H,17-18H2,1-3H3. The van der Waals surface area contributed by atoms with E-state index in [-0.39, 0.29) is 5.91 Å². The first-order valence-electron chi connectivity index (χ1n) is 9.84. The van der Waals surface area contributed by atoms with Crippen LogP contribution in [-0.2, 0) is 22.7 Å². The zero-order valence-electron chi connectivity index (χ0n) is 17.6. The Kier molecular flexibility index (Phi) is 7.46. The zero-order chi connectivity index (χ0) is 21.3. The number of nitrogens with zero attached hydrogens (tertiary/aromatic N) is 1. The van der Waals surface area contributed by atoms with E-state index in [9.17, 15) is 4.79 Å². The highest BCUT2D eigenvalue weighted by atomic mass is 16.5. The molecule has 0 bridgehead atoms. The highest BCUT2D eigenvalue weighted by molar-refractivity contribution is 5.96. The first kappa shape index (κ1) is 21.4. The Morgan fingerprint density at radius 3 is 2.17 bits per heavy atom. The van der Waals surface area contributed by atoms with Crippen molar-refractivity contribution in [1.29, 1.82) is 0 Å². The molecule has 0 aliphatic rings. The fraction of sp³-hybridized carbons (Fsp3) is 0.240. The van der Waals surface area contributed by atoms with Crippen molar-refractivity contribution < 1.29 is 19.0 Å². The van der Waals surface area contributed by atoms with Gasteiger partial charge in [0.25, 0.3) is 5.91 Å². The summed E-state index contributed by atoms with van der Waals surface area (Å²) in [5, 5.41) is 0. The molecule has 0 N–H and O–H groups in total. The average Bonchev–Trinajstić information content (AvgIpc) is 2.81. The fourth-order valence-corrected chi connectivity index (χ4v) is 3.10. The van der Waals surface area contributed by atoms with Crippen LogP contribution in [0.5, 0.6) is 11.5 Å². The topological polar surface area (TPSA) is 48.0 Å². The Hall–Kier alpha value is -3.31. The third-order valence-electron chi connectivity index (χ3n) is 4.82. The molecule has 5 nitrogen and oxygen atoms in total. The second-order valence-corrected chi connectivity index (χ2v) is 6.91. The van der Waals surface area contributed by atoms with Gasteiger partial charge in [0.05, 0.1) is 27.4 Å². The van der Waals surface area contributed by atoms with Crippen LogP contribution in [0.15, 0.2) is 78.9 Å². The van der Waals surface area contributed by atoms with Gasteiger partial charge in [-0.15, -0.1) is 0 Å². The number of anilines is 1. The maximum absolute atomic E-state index is 13.3. The van der Waals surface area contributed by atoms with Crippen LogP contribution in [-0.4, -0.2) is 26.2 Å². The van der Waals surface area contributed by atoms with Crippen LogP contribution < -0.4 is 14.4 Å². The molecule has 0 aromatic heterocycles. The lowest BCUT2D eigenvalue weighted by Gasteiger charge is -2.26. The maximum Gasteiger partial charge on any atom is 0.256 e. The van der Waals surface area contributed by atoms with E-state index in [0.29, 0.717) is 13.2 Å². The molecule has 1 amide bonds. The minimum Gasteiger partial charge on any atom is -0.497 e. The van der Waals surface area contributed by atoms with E-state index in [1.807, 2.05) is 78.9 Å². The first-order chi connectivity index (χ1) is 14.6. The van der Waals surface area contributed by atoms with Crippen LogP contribution in [0.3, 0.4) is 0 Å². The molecule has 3 aromatic rings. The molecular weight excluding hydrogens is 378 g/mol. The molecule has 3 aromatic carbocycles. The number of ether oxygens (including phenoxy) is 3. The number of methoxy groups -OCH3 is 2. The van der Waals surface area contributed by atoms with Crippen molar-refractivity contribution in [1.82, 2.24) is 0 Å². The van der Waals surface area contributed by atoms with Gasteiger partial charge in [-0.25, -0.2) is 0 Å². The Bertz CT molecular complexity index is 941. The van der Waals surface area contributed by atoms with E-state index in [0.717, 1.165) is 28.3 Å². The summed E-state index contributed by atoms with van der Waals surface area (Å²) in [6, 6.07) is 25.0. The van der Waals surface area contributed by atoms with Gasteiger partial charge in [0, 0.05) is 5.69 Å². The molecular formula is C25H27NO4. The third-order valence-corrected chi connectivity index (χ3v) is 4.82. The summed E-state index contributed by atoms with van der Waals surface area (Å²) in [6.07, 6.45) is -0.609. The lowest BCUT2D eigenvalue weighted by atomic mass is 10.1. The molecule has 0 radical (unpaired) electrons. The van der Waals surface area contributed by atoms with Gasteiger partial charge in [0.1, 0.15) is 17.6 Å². The van der Waals surface area contributed by atoms with Crippen molar-refractivity contribution in [3.8, 4) is 11.5 Å². The number of amides is 1. The second kappa shape index (κ2) is 10.5. The molecule has 0 fully saturated rings. The highest BCUT2D eigenvalue weighted by Gasteiger charge is 2.23. The molecule has 0 saturated heterocycles. The van der Waals surface area contributed by atoms with E-state index >= 15 is 0 Å². The van der Waals surface area contributed by atoms with E-state index in [2.05, 4.69) is 0 Å². The summed E-state index contributed by atoms with van der Waals surface area (Å²) in [5.74, 6) is 1.40. The number of carbonyl (C=O) groups excluding carboxylic acids is 1. The fourth-order valence-electron chi connectivity index (χ4n) is 3.10. The van der Waals surface area contributed by atoms with Crippen molar-refractivity contribution >= 4 is 11.6 Å². The quantitative estimate of drug-likeness (QED) is 0.511. The molecule has 0 saturated carbocycles. The smallest absolute Gasteiger partial charge is 0.256 e. The maximum atomic E-state index is 13.3. The van der Waals surface area contributed by atoms with Crippen LogP contribution in [0.25, 0.3) is 0 Å². The van der Waals surface area contributed by atoms with Crippen LogP contribution in [0.2, 0.25) is 0 Å². The van der Waals surface area contributed by atoms with Gasteiger partial charge in [-0.05, 0) is 54.4 Å². The van der Waals surface area contributed by atoms with Gasteiger partial charge in [-0.3, -0.25) is 4.79 Å². The number of hydrogen-bond acceptors (Lipinski definition) is 4. The Labute approximate surface area is 177 Å². The minimum absolute atomic E-state index is 0.105. The van der Waals surface area contributed by atoms with Gasteiger partial charge in [-0.1, -0.05) is 42.5 Å². The molecule has 3 rings (SSSR count). The van der Waals surface area contributed by atoms with Crippen molar-refractivity contribution in [2.45, 2.75) is 26.2 Å². The molecule has 1 unspecified atom stereocenters. The van der Waals surface area contributed by atoms with Crippen LogP contribution in [0.1, 0.15) is 18.1 Å². The monoisotopic (exact) mass is 405 g/mol. The molecule has 30 heavy (non-hydrogen) atoms. The zero-order valence-corrected chi connectivity index (χ0v) is 17.6. The summed E-state index contributed by atoms with van der Waals surface area (Å²) >= 11 is 0. The van der Waals surface area contributed by atoms with Crippen molar-refractivity contribution in [3.05, 3.63) is 90.0 Å². The summed E-state index contributed by atoms with van der Waals surface area (Å²) in [7, 11) is 3.25. The summed E-state index contributed by atoms with van der Waals surface area (Å²) < 4.78 is 16.4. The average molecular weight is 405 g/mol. The largest absolute Gasteiger partial charge is 0.497 e. The molecule has 0 aliphatic heterocycles. The molecule has 1 atom stereocenters. The normalized spacial score (nSPS) is 11.6. The Morgan fingerprint density at radius 2 is 1.50 bits per heavy atom. The summed E-state index contributed by atoms with van der Waals surface area (Å²) in [6.45, 7) is 2.56. The lowest BCUT2D eigenvalue weighted by Crippen LogP contribution is -2.38.